The van der Waals surface area contributed by atoms with Gasteiger partial charge in [-0.25, -0.2) is 4.39 Å². The monoisotopic (exact) mass is 433 g/mol. The summed E-state index contributed by atoms with van der Waals surface area (Å²) in [5.74, 6) is -1.74. The zero-order valence-corrected chi connectivity index (χ0v) is 17.6. The molecule has 1 aliphatic carbocycles. The molecule has 3 aromatic rings. The highest BCUT2D eigenvalue weighted by atomic mass is 19.1. The highest BCUT2D eigenvalue weighted by Crippen LogP contribution is 2.28. The van der Waals surface area contributed by atoms with Crippen molar-refractivity contribution in [2.75, 3.05) is 13.2 Å². The molecule has 1 aliphatic rings. The van der Waals surface area contributed by atoms with Crippen LogP contribution in [0.2, 0.25) is 0 Å². The molecule has 0 heterocycles. The van der Waals surface area contributed by atoms with E-state index in [1.165, 1.54) is 28.8 Å². The van der Waals surface area contributed by atoms with Crippen LogP contribution in [0.15, 0.2) is 71.9 Å². The second-order valence-corrected chi connectivity index (χ2v) is 7.61. The SMILES string of the molecule is O=C(O)Cc1cccc(OCCON=C2CCCc3cc(-c4ccccc4)ccc32)c1F. The maximum Gasteiger partial charge on any atom is 0.307 e. The van der Waals surface area contributed by atoms with Crippen LogP contribution in [0.1, 0.15) is 29.5 Å². The largest absolute Gasteiger partial charge is 0.487 e. The molecular weight excluding hydrogens is 409 g/mol. The number of hydrogen-bond donors (Lipinski definition) is 1. The van der Waals surface area contributed by atoms with Gasteiger partial charge in [-0.2, -0.15) is 0 Å². The summed E-state index contributed by atoms with van der Waals surface area (Å²) in [6.45, 7) is 0.257. The number of aliphatic carboxylic acids is 1. The van der Waals surface area contributed by atoms with Crippen molar-refractivity contribution in [2.24, 2.45) is 5.16 Å². The van der Waals surface area contributed by atoms with Crippen LogP contribution < -0.4 is 4.74 Å². The van der Waals surface area contributed by atoms with E-state index in [0.717, 1.165) is 30.5 Å². The van der Waals surface area contributed by atoms with Gasteiger partial charge in [0.2, 0.25) is 0 Å². The van der Waals surface area contributed by atoms with Gasteiger partial charge in [-0.15, -0.1) is 0 Å². The molecule has 0 aliphatic heterocycles. The number of ether oxygens (including phenoxy) is 1. The van der Waals surface area contributed by atoms with Gasteiger partial charge in [-0.3, -0.25) is 4.79 Å². The van der Waals surface area contributed by atoms with Crippen LogP contribution in [0.4, 0.5) is 4.39 Å². The van der Waals surface area contributed by atoms with Crippen molar-refractivity contribution in [3.63, 3.8) is 0 Å². The highest BCUT2D eigenvalue weighted by Gasteiger charge is 2.17. The Bertz CT molecular complexity index is 1130. The highest BCUT2D eigenvalue weighted by molar-refractivity contribution is 6.02. The van der Waals surface area contributed by atoms with Crippen LogP contribution in [0.3, 0.4) is 0 Å². The predicted octanol–water partition coefficient (Wildman–Crippen LogP) is 5.26. The summed E-state index contributed by atoms with van der Waals surface area (Å²) in [4.78, 5) is 16.3. The fourth-order valence-electron chi connectivity index (χ4n) is 3.85. The van der Waals surface area contributed by atoms with Gasteiger partial charge in [-0.1, -0.05) is 65.8 Å². The molecule has 0 saturated heterocycles. The first-order valence-corrected chi connectivity index (χ1v) is 10.6. The van der Waals surface area contributed by atoms with Crippen LogP contribution in [-0.4, -0.2) is 30.0 Å². The molecule has 0 radical (unpaired) electrons. The number of aryl methyl sites for hydroxylation is 1. The summed E-state index contributed by atoms with van der Waals surface area (Å²) in [5, 5.41) is 13.2. The molecule has 0 fully saturated rings. The lowest BCUT2D eigenvalue weighted by molar-refractivity contribution is -0.136. The van der Waals surface area contributed by atoms with Crippen molar-refractivity contribution in [3.8, 4) is 16.9 Å². The Morgan fingerprint density at radius 1 is 0.969 bits per heavy atom. The lowest BCUT2D eigenvalue weighted by Gasteiger charge is -2.18. The second kappa shape index (κ2) is 10.1. The molecule has 0 aromatic heterocycles. The van der Waals surface area contributed by atoms with Crippen LogP contribution in [0.5, 0.6) is 5.75 Å². The molecule has 0 saturated carbocycles. The normalized spacial score (nSPS) is 14.1. The van der Waals surface area contributed by atoms with E-state index in [-0.39, 0.29) is 24.5 Å². The van der Waals surface area contributed by atoms with Gasteiger partial charge in [0, 0.05) is 11.1 Å². The Hall–Kier alpha value is -3.67. The fraction of sp³-hybridized carbons (Fsp3) is 0.231. The van der Waals surface area contributed by atoms with Gasteiger partial charge in [0.1, 0.15) is 6.61 Å². The molecule has 0 spiro atoms. The Kier molecular flexibility index (Phi) is 6.80. The Morgan fingerprint density at radius 2 is 1.81 bits per heavy atom. The lowest BCUT2D eigenvalue weighted by atomic mass is 9.88. The first-order valence-electron chi connectivity index (χ1n) is 10.6. The van der Waals surface area contributed by atoms with E-state index in [0.29, 0.717) is 0 Å². The number of rotatable bonds is 8. The van der Waals surface area contributed by atoms with Crippen molar-refractivity contribution < 1.29 is 23.9 Å². The third-order valence-electron chi connectivity index (χ3n) is 5.37. The molecule has 1 N–H and O–H groups in total. The summed E-state index contributed by atoms with van der Waals surface area (Å²) >= 11 is 0. The molecular formula is C26H24FNO4. The zero-order chi connectivity index (χ0) is 22.3. The smallest absolute Gasteiger partial charge is 0.307 e. The number of benzene rings is 3. The molecule has 6 heteroatoms. The predicted molar refractivity (Wildman–Crippen MR) is 121 cm³/mol. The van der Waals surface area contributed by atoms with E-state index in [9.17, 15) is 9.18 Å². The summed E-state index contributed by atoms with van der Waals surface area (Å²) in [6.07, 6.45) is 2.46. The molecule has 0 amide bonds. The fourth-order valence-corrected chi connectivity index (χ4v) is 3.85. The van der Waals surface area contributed by atoms with Crippen LogP contribution in [-0.2, 0) is 22.5 Å². The van der Waals surface area contributed by atoms with Crippen LogP contribution in [0, 0.1) is 5.82 Å². The van der Waals surface area contributed by atoms with Gasteiger partial charge in [0.15, 0.2) is 18.2 Å². The minimum absolute atomic E-state index is 0.0106. The number of fused-ring (bicyclic) bond motifs is 1. The Morgan fingerprint density at radius 3 is 2.62 bits per heavy atom. The van der Waals surface area contributed by atoms with E-state index in [1.807, 2.05) is 18.2 Å². The second-order valence-electron chi connectivity index (χ2n) is 7.61. The van der Waals surface area contributed by atoms with Crippen molar-refractivity contribution >= 4 is 11.7 Å². The van der Waals surface area contributed by atoms with Crippen molar-refractivity contribution in [1.29, 1.82) is 0 Å². The van der Waals surface area contributed by atoms with Crippen molar-refractivity contribution in [1.82, 2.24) is 0 Å². The first kappa shape index (κ1) is 21.6. The molecule has 5 nitrogen and oxygen atoms in total. The van der Waals surface area contributed by atoms with Gasteiger partial charge >= 0.3 is 5.97 Å². The average molecular weight is 433 g/mol. The van der Waals surface area contributed by atoms with Crippen LogP contribution >= 0.6 is 0 Å². The maximum absolute atomic E-state index is 14.3. The molecule has 0 bridgehead atoms. The minimum Gasteiger partial charge on any atom is -0.487 e. The number of nitrogens with zero attached hydrogens (tertiary/aromatic N) is 1. The quantitative estimate of drug-likeness (QED) is 0.389. The molecule has 164 valence electrons. The Labute approximate surface area is 186 Å². The summed E-state index contributed by atoms with van der Waals surface area (Å²) in [7, 11) is 0. The minimum atomic E-state index is -1.09. The number of carbonyl (C=O) groups is 1. The zero-order valence-electron chi connectivity index (χ0n) is 17.6. The third kappa shape index (κ3) is 5.14. The number of carboxylic acid groups (broad SMARTS) is 1. The third-order valence-corrected chi connectivity index (χ3v) is 5.37. The van der Waals surface area contributed by atoms with E-state index >= 15 is 0 Å². The average Bonchev–Trinajstić information content (AvgIpc) is 2.81. The number of oxime groups is 1. The first-order chi connectivity index (χ1) is 15.6. The van der Waals surface area contributed by atoms with Gasteiger partial charge in [0.25, 0.3) is 0 Å². The standard InChI is InChI=1S/C26H24FNO4/c27-26-21(17-25(29)30)9-5-11-24(26)31-14-15-32-28-23-10-4-8-20-16-19(12-13-22(20)23)18-6-2-1-3-7-18/h1-3,5-7,9,11-13,16H,4,8,10,14-15,17H2,(H,29,30). The van der Waals surface area contributed by atoms with E-state index in [2.05, 4.69) is 35.5 Å². The molecule has 32 heavy (non-hydrogen) atoms. The summed E-state index contributed by atoms with van der Waals surface area (Å²) in [6, 6.07) is 21.2. The molecule has 3 aromatic carbocycles. The summed E-state index contributed by atoms with van der Waals surface area (Å²) < 4.78 is 19.7. The number of halogens is 1. The number of carboxylic acids is 1. The topological polar surface area (TPSA) is 68.1 Å². The Balaban J connectivity index is 1.36. The van der Waals surface area contributed by atoms with E-state index in [4.69, 9.17) is 14.7 Å². The van der Waals surface area contributed by atoms with Crippen LogP contribution in [0.25, 0.3) is 11.1 Å². The summed E-state index contributed by atoms with van der Waals surface area (Å²) in [5.41, 5.74) is 5.72. The lowest BCUT2D eigenvalue weighted by Crippen LogP contribution is -2.14. The molecule has 4 rings (SSSR count). The number of hydrogen-bond acceptors (Lipinski definition) is 4. The van der Waals surface area contributed by atoms with Gasteiger partial charge < -0.3 is 14.7 Å². The van der Waals surface area contributed by atoms with E-state index in [1.54, 1.807) is 6.07 Å². The molecule has 0 unspecified atom stereocenters. The van der Waals surface area contributed by atoms with Gasteiger partial charge in [-0.05, 0) is 42.0 Å². The van der Waals surface area contributed by atoms with Crippen molar-refractivity contribution in [2.45, 2.75) is 25.7 Å². The van der Waals surface area contributed by atoms with Gasteiger partial charge in [0.05, 0.1) is 12.1 Å². The molecule has 0 atom stereocenters. The maximum atomic E-state index is 14.3. The van der Waals surface area contributed by atoms with Crippen molar-refractivity contribution in [3.05, 3.63) is 89.2 Å². The van der Waals surface area contributed by atoms with E-state index < -0.39 is 18.2 Å².